The maximum atomic E-state index is 6.13. The predicted octanol–water partition coefficient (Wildman–Crippen LogP) is 4.03. The molecule has 1 N–H and O–H groups in total. The highest BCUT2D eigenvalue weighted by atomic mass is 35.5. The van der Waals surface area contributed by atoms with Gasteiger partial charge in [0.2, 0.25) is 0 Å². The second-order valence-corrected chi connectivity index (χ2v) is 5.52. The van der Waals surface area contributed by atoms with Gasteiger partial charge in [0.15, 0.2) is 0 Å². The Kier molecular flexibility index (Phi) is 4.94. The van der Waals surface area contributed by atoms with Gasteiger partial charge in [-0.15, -0.1) is 0 Å². The quantitative estimate of drug-likeness (QED) is 0.905. The fourth-order valence-electron chi connectivity index (χ4n) is 2.69. The fourth-order valence-corrected chi connectivity index (χ4v) is 2.84. The number of anilines is 1. The fraction of sp³-hybridized carbons (Fsp3) is 0.600. The minimum absolute atomic E-state index is 0.273. The van der Waals surface area contributed by atoms with Crippen molar-refractivity contribution in [3.8, 4) is 5.75 Å². The number of benzene rings is 1. The van der Waals surface area contributed by atoms with Gasteiger partial charge in [-0.1, -0.05) is 24.4 Å². The summed E-state index contributed by atoms with van der Waals surface area (Å²) in [6, 6.07) is 4.25. The number of hydrogen-bond acceptors (Lipinski definition) is 3. The number of halogens is 1. The van der Waals surface area contributed by atoms with Crippen LogP contribution in [0.1, 0.15) is 31.2 Å². The molecule has 0 spiro atoms. The van der Waals surface area contributed by atoms with Crippen LogP contribution in [-0.2, 0) is 4.74 Å². The van der Waals surface area contributed by atoms with Crippen molar-refractivity contribution in [3.05, 3.63) is 22.7 Å². The molecule has 1 fully saturated rings. The van der Waals surface area contributed by atoms with Crippen LogP contribution in [0.15, 0.2) is 12.1 Å². The molecule has 0 bridgehead atoms. The monoisotopic (exact) mass is 283 g/mol. The first kappa shape index (κ1) is 14.5. The molecule has 106 valence electrons. The normalized spacial score (nSPS) is 23.2. The first-order valence-electron chi connectivity index (χ1n) is 6.79. The zero-order valence-corrected chi connectivity index (χ0v) is 12.6. The Hall–Kier alpha value is -0.930. The molecule has 0 amide bonds. The van der Waals surface area contributed by atoms with Crippen LogP contribution in [-0.4, -0.2) is 26.4 Å². The lowest BCUT2D eigenvalue weighted by molar-refractivity contribution is 0.0605. The lowest BCUT2D eigenvalue weighted by Crippen LogP contribution is -2.37. The summed E-state index contributed by atoms with van der Waals surface area (Å²) in [6.07, 6.45) is 5.00. The van der Waals surface area contributed by atoms with Gasteiger partial charge in [-0.25, -0.2) is 0 Å². The van der Waals surface area contributed by atoms with Crippen LogP contribution in [0.25, 0.3) is 0 Å². The smallest absolute Gasteiger partial charge is 0.143 e. The molecule has 0 radical (unpaired) electrons. The molecule has 1 aromatic rings. The van der Waals surface area contributed by atoms with Crippen molar-refractivity contribution in [2.24, 2.45) is 0 Å². The third-order valence-corrected chi connectivity index (χ3v) is 4.23. The second-order valence-electron chi connectivity index (χ2n) is 5.11. The number of methoxy groups -OCH3 is 2. The topological polar surface area (TPSA) is 30.5 Å². The van der Waals surface area contributed by atoms with E-state index in [1.54, 1.807) is 14.2 Å². The minimum atomic E-state index is 0.273. The van der Waals surface area contributed by atoms with E-state index in [1.165, 1.54) is 12.8 Å². The van der Waals surface area contributed by atoms with Crippen LogP contribution in [0.4, 0.5) is 5.69 Å². The van der Waals surface area contributed by atoms with Gasteiger partial charge < -0.3 is 14.8 Å². The number of aryl methyl sites for hydroxylation is 1. The van der Waals surface area contributed by atoms with E-state index in [-0.39, 0.29) is 6.10 Å². The molecule has 1 saturated carbocycles. The molecular formula is C15H22ClNO2. The summed E-state index contributed by atoms with van der Waals surface area (Å²) < 4.78 is 11.0. The number of hydrogen-bond donors (Lipinski definition) is 1. The minimum Gasteiger partial charge on any atom is -0.495 e. The first-order chi connectivity index (χ1) is 9.15. The van der Waals surface area contributed by atoms with Crippen molar-refractivity contribution < 1.29 is 9.47 Å². The first-order valence-corrected chi connectivity index (χ1v) is 7.17. The van der Waals surface area contributed by atoms with Crippen molar-refractivity contribution >= 4 is 17.3 Å². The van der Waals surface area contributed by atoms with Gasteiger partial charge in [0.1, 0.15) is 5.75 Å². The molecule has 2 rings (SSSR count). The molecule has 3 nitrogen and oxygen atoms in total. The van der Waals surface area contributed by atoms with Gasteiger partial charge in [0.25, 0.3) is 0 Å². The second kappa shape index (κ2) is 6.49. The van der Waals surface area contributed by atoms with E-state index in [0.717, 1.165) is 34.9 Å². The molecular weight excluding hydrogens is 262 g/mol. The third-order valence-electron chi connectivity index (χ3n) is 3.83. The van der Waals surface area contributed by atoms with Crippen LogP contribution in [0.3, 0.4) is 0 Å². The lowest BCUT2D eigenvalue weighted by atomic mass is 9.92. The summed E-state index contributed by atoms with van der Waals surface area (Å²) in [5.74, 6) is 0.788. The molecule has 19 heavy (non-hydrogen) atoms. The Bertz CT molecular complexity index is 436. The maximum Gasteiger partial charge on any atom is 0.143 e. The molecule has 1 aliphatic carbocycles. The molecule has 1 aromatic carbocycles. The van der Waals surface area contributed by atoms with Crippen LogP contribution in [0.5, 0.6) is 5.75 Å². The molecule has 0 aliphatic heterocycles. The SMILES string of the molecule is COc1cc(Cl)c(C)cc1NC1CCCCC1OC. The van der Waals surface area contributed by atoms with E-state index in [9.17, 15) is 0 Å². The Morgan fingerprint density at radius 3 is 2.63 bits per heavy atom. The van der Waals surface area contributed by atoms with Crippen LogP contribution < -0.4 is 10.1 Å². The number of rotatable bonds is 4. The highest BCUT2D eigenvalue weighted by molar-refractivity contribution is 6.31. The van der Waals surface area contributed by atoms with Crippen molar-refractivity contribution in [3.63, 3.8) is 0 Å². The molecule has 0 saturated heterocycles. The number of ether oxygens (including phenoxy) is 2. The summed E-state index contributed by atoms with van der Waals surface area (Å²) >= 11 is 6.13. The number of nitrogens with one attached hydrogen (secondary N) is 1. The van der Waals surface area contributed by atoms with Crippen molar-refractivity contribution in [2.75, 3.05) is 19.5 Å². The van der Waals surface area contributed by atoms with Crippen molar-refractivity contribution in [1.82, 2.24) is 0 Å². The predicted molar refractivity (Wildman–Crippen MR) is 79.4 cm³/mol. The average Bonchev–Trinajstić information content (AvgIpc) is 2.43. The van der Waals surface area contributed by atoms with Crippen LogP contribution in [0, 0.1) is 6.92 Å². The summed E-state index contributed by atoms with van der Waals surface area (Å²) in [5.41, 5.74) is 2.05. The zero-order chi connectivity index (χ0) is 13.8. The van der Waals surface area contributed by atoms with Gasteiger partial charge in [0.05, 0.1) is 24.9 Å². The zero-order valence-electron chi connectivity index (χ0n) is 11.8. The largest absolute Gasteiger partial charge is 0.495 e. The molecule has 2 atom stereocenters. The van der Waals surface area contributed by atoms with E-state index < -0.39 is 0 Å². The van der Waals surface area contributed by atoms with Gasteiger partial charge in [-0.05, 0) is 31.4 Å². The van der Waals surface area contributed by atoms with E-state index in [4.69, 9.17) is 21.1 Å². The Balaban J connectivity index is 2.19. The Morgan fingerprint density at radius 2 is 1.95 bits per heavy atom. The average molecular weight is 284 g/mol. The molecule has 1 aliphatic rings. The highest BCUT2D eigenvalue weighted by Gasteiger charge is 2.25. The summed E-state index contributed by atoms with van der Waals surface area (Å²) in [7, 11) is 3.45. The summed E-state index contributed by atoms with van der Waals surface area (Å²) in [4.78, 5) is 0. The van der Waals surface area contributed by atoms with Crippen molar-refractivity contribution in [1.29, 1.82) is 0 Å². The van der Waals surface area contributed by atoms with E-state index in [0.29, 0.717) is 6.04 Å². The molecule has 2 unspecified atom stereocenters. The van der Waals surface area contributed by atoms with Gasteiger partial charge in [0, 0.05) is 18.2 Å². The van der Waals surface area contributed by atoms with E-state index in [1.807, 2.05) is 19.1 Å². The molecule has 0 aromatic heterocycles. The summed E-state index contributed by atoms with van der Waals surface area (Å²) in [5, 5.41) is 4.29. The van der Waals surface area contributed by atoms with Crippen LogP contribution in [0.2, 0.25) is 5.02 Å². The highest BCUT2D eigenvalue weighted by Crippen LogP contribution is 2.33. The standard InChI is InChI=1S/C15H22ClNO2/c1-10-8-13(15(19-3)9-11(10)16)17-12-6-4-5-7-14(12)18-2/h8-9,12,14,17H,4-7H2,1-3H3. The van der Waals surface area contributed by atoms with Crippen molar-refractivity contribution in [2.45, 2.75) is 44.8 Å². The lowest BCUT2D eigenvalue weighted by Gasteiger charge is -2.32. The van der Waals surface area contributed by atoms with E-state index >= 15 is 0 Å². The van der Waals surface area contributed by atoms with Crippen LogP contribution >= 0.6 is 11.6 Å². The third kappa shape index (κ3) is 3.34. The molecule has 4 heteroatoms. The Labute approximate surface area is 120 Å². The van der Waals surface area contributed by atoms with E-state index in [2.05, 4.69) is 5.32 Å². The van der Waals surface area contributed by atoms with Gasteiger partial charge >= 0.3 is 0 Å². The Morgan fingerprint density at radius 1 is 1.21 bits per heavy atom. The summed E-state index contributed by atoms with van der Waals surface area (Å²) in [6.45, 7) is 2.00. The maximum absolute atomic E-state index is 6.13. The van der Waals surface area contributed by atoms with Gasteiger partial charge in [-0.2, -0.15) is 0 Å². The van der Waals surface area contributed by atoms with Gasteiger partial charge in [-0.3, -0.25) is 0 Å². The molecule has 0 heterocycles.